The first-order valence-corrected chi connectivity index (χ1v) is 18.4. The number of para-hydroxylation sites is 1. The molecule has 0 unspecified atom stereocenters. The number of benzene rings is 7. The van der Waals surface area contributed by atoms with E-state index in [-0.39, 0.29) is 0 Å². The number of aromatic nitrogens is 2. The van der Waals surface area contributed by atoms with Crippen LogP contribution in [0.3, 0.4) is 0 Å². The number of fused-ring (bicyclic) bond motifs is 6. The Labute approximate surface area is 315 Å². The third-order valence-electron chi connectivity index (χ3n) is 10.6. The van der Waals surface area contributed by atoms with Gasteiger partial charge in [0.2, 0.25) is 0 Å². The van der Waals surface area contributed by atoms with Crippen molar-refractivity contribution in [2.75, 3.05) is 0 Å². The van der Waals surface area contributed by atoms with Crippen molar-refractivity contribution < 1.29 is 0 Å². The van der Waals surface area contributed by atoms with Crippen LogP contribution < -0.4 is 5.73 Å². The van der Waals surface area contributed by atoms with Crippen molar-refractivity contribution in [2.45, 2.75) is 13.8 Å². The molecule has 9 rings (SSSR count). The van der Waals surface area contributed by atoms with E-state index in [0.29, 0.717) is 0 Å². The summed E-state index contributed by atoms with van der Waals surface area (Å²) in [5.74, 6) is 0. The minimum absolute atomic E-state index is 0.904. The lowest BCUT2D eigenvalue weighted by Crippen LogP contribution is -1.99. The highest BCUT2D eigenvalue weighted by Crippen LogP contribution is 2.44. The van der Waals surface area contributed by atoms with E-state index < -0.39 is 0 Å². The zero-order chi connectivity index (χ0) is 36.6. The molecule has 258 valence electrons. The molecule has 3 nitrogen and oxygen atoms in total. The Bertz CT molecular complexity index is 2960. The summed E-state index contributed by atoms with van der Waals surface area (Å²) in [4.78, 5) is 4.44. The molecule has 2 aromatic heterocycles. The number of nitrogens with two attached hydrogens (primary N) is 1. The topological polar surface area (TPSA) is 43.8 Å². The Kier molecular flexibility index (Phi) is 8.45. The predicted molar refractivity (Wildman–Crippen MR) is 233 cm³/mol. The summed E-state index contributed by atoms with van der Waals surface area (Å²) in [5, 5.41) is 9.58. The van der Waals surface area contributed by atoms with Crippen molar-refractivity contribution in [3.05, 3.63) is 199 Å². The van der Waals surface area contributed by atoms with Gasteiger partial charge in [0.05, 0.1) is 16.7 Å². The molecule has 3 heteroatoms. The molecular formula is C51H39N3. The van der Waals surface area contributed by atoms with Crippen LogP contribution in [0.1, 0.15) is 30.5 Å². The standard InChI is InChI=1S/C51H39N3/c1-3-36(22-21-35-13-5-4-6-14-35)50-43-18-9-10-19-44(43)51(40-24-23-37-15-7-8-16-39(37)30-40)46-31-38(25-26-45(46)50)34(2)29-41(32-52)54-48-20-12-11-17-42(48)47-33-53-28-27-49(47)54/h3-33H,52H2,1-2H3/b22-21-,34-29+,36-3+,41-32+. The second kappa shape index (κ2) is 13.9. The van der Waals surface area contributed by atoms with E-state index in [1.807, 2.05) is 12.4 Å². The minimum Gasteiger partial charge on any atom is -0.403 e. The lowest BCUT2D eigenvalue weighted by molar-refractivity contribution is 1.22. The third kappa shape index (κ3) is 5.67. The van der Waals surface area contributed by atoms with Crippen LogP contribution in [0, 0.1) is 0 Å². The van der Waals surface area contributed by atoms with Crippen LogP contribution in [0.2, 0.25) is 0 Å². The largest absolute Gasteiger partial charge is 0.403 e. The van der Waals surface area contributed by atoms with Gasteiger partial charge in [0, 0.05) is 29.4 Å². The smallest absolute Gasteiger partial charge is 0.0619 e. The van der Waals surface area contributed by atoms with Gasteiger partial charge >= 0.3 is 0 Å². The van der Waals surface area contributed by atoms with E-state index >= 15 is 0 Å². The van der Waals surface area contributed by atoms with Crippen LogP contribution in [-0.2, 0) is 0 Å². The average Bonchev–Trinajstić information content (AvgIpc) is 3.56. The molecule has 9 aromatic rings. The predicted octanol–water partition coefficient (Wildman–Crippen LogP) is 13.3. The Balaban J connectivity index is 1.28. The summed E-state index contributed by atoms with van der Waals surface area (Å²) in [5.41, 5.74) is 17.8. The maximum absolute atomic E-state index is 6.45. The molecule has 0 radical (unpaired) electrons. The monoisotopic (exact) mass is 693 g/mol. The van der Waals surface area contributed by atoms with Crippen molar-refractivity contribution in [2.24, 2.45) is 5.73 Å². The summed E-state index contributed by atoms with van der Waals surface area (Å²) in [6, 6.07) is 52.3. The molecule has 0 saturated heterocycles. The Morgan fingerprint density at radius 1 is 0.630 bits per heavy atom. The summed E-state index contributed by atoms with van der Waals surface area (Å²) in [7, 11) is 0. The maximum Gasteiger partial charge on any atom is 0.0619 e. The molecule has 0 aliphatic rings. The minimum atomic E-state index is 0.904. The molecule has 0 atom stereocenters. The highest BCUT2D eigenvalue weighted by molar-refractivity contribution is 6.20. The summed E-state index contributed by atoms with van der Waals surface area (Å²) in [6.07, 6.45) is 14.4. The second-order valence-electron chi connectivity index (χ2n) is 13.8. The van der Waals surface area contributed by atoms with E-state index in [9.17, 15) is 0 Å². The fraction of sp³-hybridized carbons (Fsp3) is 0.0392. The van der Waals surface area contributed by atoms with Crippen molar-refractivity contribution in [3.8, 4) is 11.1 Å². The fourth-order valence-electron chi connectivity index (χ4n) is 8.05. The molecule has 0 amide bonds. The van der Waals surface area contributed by atoms with Gasteiger partial charge in [-0.2, -0.15) is 0 Å². The van der Waals surface area contributed by atoms with E-state index in [2.05, 4.69) is 193 Å². The van der Waals surface area contributed by atoms with Crippen molar-refractivity contribution >= 4 is 77.0 Å². The number of hydrogen-bond acceptors (Lipinski definition) is 2. The molecule has 0 aliphatic carbocycles. The molecule has 2 N–H and O–H groups in total. The van der Waals surface area contributed by atoms with Crippen molar-refractivity contribution in [3.63, 3.8) is 0 Å². The van der Waals surface area contributed by atoms with Gasteiger partial charge in [-0.1, -0.05) is 140 Å². The highest BCUT2D eigenvalue weighted by atomic mass is 15.0. The normalized spacial score (nSPS) is 13.0. The summed E-state index contributed by atoms with van der Waals surface area (Å²) in [6.45, 7) is 4.31. The molecule has 7 aromatic carbocycles. The van der Waals surface area contributed by atoms with E-state index in [4.69, 9.17) is 5.73 Å². The summed E-state index contributed by atoms with van der Waals surface area (Å²) >= 11 is 0. The maximum atomic E-state index is 6.45. The van der Waals surface area contributed by atoms with E-state index in [1.165, 1.54) is 60.1 Å². The van der Waals surface area contributed by atoms with Gasteiger partial charge in [0.15, 0.2) is 0 Å². The molecule has 0 aliphatic heterocycles. The first-order valence-electron chi connectivity index (χ1n) is 18.4. The van der Waals surface area contributed by atoms with Crippen molar-refractivity contribution in [1.29, 1.82) is 0 Å². The third-order valence-corrected chi connectivity index (χ3v) is 10.6. The van der Waals surface area contributed by atoms with Gasteiger partial charge in [0.25, 0.3) is 0 Å². The zero-order valence-electron chi connectivity index (χ0n) is 30.4. The Hall–Kier alpha value is -6.97. The van der Waals surface area contributed by atoms with Gasteiger partial charge < -0.3 is 10.3 Å². The number of hydrogen-bond donors (Lipinski definition) is 1. The van der Waals surface area contributed by atoms with Crippen LogP contribution in [-0.4, -0.2) is 9.55 Å². The molecular weight excluding hydrogens is 655 g/mol. The molecule has 2 heterocycles. The van der Waals surface area contributed by atoms with Crippen LogP contribution >= 0.6 is 0 Å². The number of rotatable bonds is 7. The van der Waals surface area contributed by atoms with Gasteiger partial charge in [-0.3, -0.25) is 4.98 Å². The van der Waals surface area contributed by atoms with Crippen LogP contribution in [0.4, 0.5) is 0 Å². The number of nitrogens with zero attached hydrogens (tertiary/aromatic N) is 2. The van der Waals surface area contributed by atoms with Crippen molar-refractivity contribution in [1.82, 2.24) is 9.55 Å². The Morgan fingerprint density at radius 2 is 1.33 bits per heavy atom. The van der Waals surface area contributed by atoms with Gasteiger partial charge in [-0.25, -0.2) is 0 Å². The van der Waals surface area contributed by atoms with Crippen LogP contribution in [0.5, 0.6) is 0 Å². The number of pyridine rings is 1. The van der Waals surface area contributed by atoms with Crippen LogP contribution in [0.25, 0.3) is 88.2 Å². The molecule has 0 fully saturated rings. The molecule has 0 saturated carbocycles. The molecule has 0 spiro atoms. The van der Waals surface area contributed by atoms with E-state index in [1.54, 1.807) is 6.20 Å². The first kappa shape index (κ1) is 32.9. The Morgan fingerprint density at radius 3 is 2.15 bits per heavy atom. The van der Waals surface area contributed by atoms with Gasteiger partial charge in [-0.15, -0.1) is 0 Å². The average molecular weight is 694 g/mol. The molecule has 54 heavy (non-hydrogen) atoms. The van der Waals surface area contributed by atoms with Gasteiger partial charge in [-0.05, 0) is 115 Å². The SMILES string of the molecule is C/C=C(\C=C/c1ccccc1)c1c2ccccc2c(-c2ccc3ccccc3c2)c2cc(/C(C)=C/C(=C\N)n3c4ccccc4c4cnccc43)ccc12. The summed E-state index contributed by atoms with van der Waals surface area (Å²) < 4.78 is 2.24. The lowest BCUT2D eigenvalue weighted by atomic mass is 9.84. The quantitative estimate of drug-likeness (QED) is 0.133. The van der Waals surface area contributed by atoms with Crippen LogP contribution in [0.15, 0.2) is 182 Å². The number of allylic oxidation sites excluding steroid dienone is 6. The lowest BCUT2D eigenvalue weighted by Gasteiger charge is -2.19. The second-order valence-corrected chi connectivity index (χ2v) is 13.8. The molecule has 0 bridgehead atoms. The van der Waals surface area contributed by atoms with Gasteiger partial charge in [0.1, 0.15) is 0 Å². The zero-order valence-corrected chi connectivity index (χ0v) is 30.4. The highest BCUT2D eigenvalue weighted by Gasteiger charge is 2.19. The first-order chi connectivity index (χ1) is 26.6. The fourth-order valence-corrected chi connectivity index (χ4v) is 8.05. The van der Waals surface area contributed by atoms with E-state index in [0.717, 1.165) is 38.6 Å².